The van der Waals surface area contributed by atoms with Gasteiger partial charge in [-0.3, -0.25) is 0 Å². The number of aryl methyl sites for hydroxylation is 1. The smallest absolute Gasteiger partial charge is 0.227 e. The number of aromatic nitrogens is 4. The van der Waals surface area contributed by atoms with Gasteiger partial charge >= 0.3 is 0 Å². The Kier molecular flexibility index (Phi) is 8.21. The molecular formula is C26H30N6O2. The molecule has 2 aromatic carbocycles. The largest absolute Gasteiger partial charge is 0.493 e. The van der Waals surface area contributed by atoms with E-state index in [1.54, 1.807) is 12.4 Å². The van der Waals surface area contributed by atoms with Crippen molar-refractivity contribution in [2.24, 2.45) is 0 Å². The van der Waals surface area contributed by atoms with Crippen molar-refractivity contribution in [1.29, 1.82) is 0 Å². The van der Waals surface area contributed by atoms with Gasteiger partial charge in [-0.15, -0.1) is 0 Å². The van der Waals surface area contributed by atoms with Gasteiger partial charge in [0.1, 0.15) is 11.6 Å². The summed E-state index contributed by atoms with van der Waals surface area (Å²) in [6.07, 6.45) is 5.17. The molecule has 0 amide bonds. The first-order valence-corrected chi connectivity index (χ1v) is 11.5. The van der Waals surface area contributed by atoms with E-state index in [1.165, 1.54) is 5.56 Å². The number of imidazole rings is 1. The molecule has 4 aromatic rings. The summed E-state index contributed by atoms with van der Waals surface area (Å²) in [5, 5.41) is 15.3. The molecule has 0 saturated carbocycles. The molecule has 0 unspecified atom stereocenters. The number of aromatic amines is 1. The molecule has 0 spiro atoms. The predicted octanol–water partition coefficient (Wildman–Crippen LogP) is 4.33. The van der Waals surface area contributed by atoms with Gasteiger partial charge in [-0.25, -0.2) is 15.0 Å². The number of benzene rings is 2. The van der Waals surface area contributed by atoms with Crippen molar-refractivity contribution >= 4 is 11.6 Å². The summed E-state index contributed by atoms with van der Waals surface area (Å²) < 4.78 is 5.85. The molecule has 0 aliphatic heterocycles. The van der Waals surface area contributed by atoms with E-state index in [0.717, 1.165) is 60.1 Å². The molecule has 2 heterocycles. The van der Waals surface area contributed by atoms with Crippen molar-refractivity contribution in [3.63, 3.8) is 0 Å². The fourth-order valence-corrected chi connectivity index (χ4v) is 3.47. The van der Waals surface area contributed by atoms with Crippen LogP contribution < -0.4 is 15.4 Å². The number of H-pyrrole nitrogens is 1. The molecule has 0 radical (unpaired) electrons. The van der Waals surface area contributed by atoms with Gasteiger partial charge in [-0.2, -0.15) is 0 Å². The molecule has 0 aliphatic carbocycles. The maximum absolute atomic E-state index is 8.79. The lowest BCUT2D eigenvalue weighted by atomic mass is 10.1. The molecule has 0 saturated heterocycles. The van der Waals surface area contributed by atoms with Gasteiger partial charge in [0, 0.05) is 30.1 Å². The van der Waals surface area contributed by atoms with Crippen LogP contribution in [0.1, 0.15) is 18.4 Å². The van der Waals surface area contributed by atoms with Gasteiger partial charge in [-0.05, 0) is 57.1 Å². The summed E-state index contributed by atoms with van der Waals surface area (Å²) in [6, 6.07) is 17.8. The summed E-state index contributed by atoms with van der Waals surface area (Å²) in [4.78, 5) is 16.9. The Hall–Kier alpha value is -3.75. The second-order valence-electron chi connectivity index (χ2n) is 7.96. The van der Waals surface area contributed by atoms with Crippen molar-refractivity contribution in [3.05, 3.63) is 72.6 Å². The van der Waals surface area contributed by atoms with Crippen LogP contribution in [-0.4, -0.2) is 51.3 Å². The third-order valence-corrected chi connectivity index (χ3v) is 5.17. The second-order valence-corrected chi connectivity index (χ2v) is 7.96. The highest BCUT2D eigenvalue weighted by atomic mass is 16.5. The minimum atomic E-state index is 0.215. The summed E-state index contributed by atoms with van der Waals surface area (Å²) in [5.41, 5.74) is 4.65. The van der Waals surface area contributed by atoms with Crippen LogP contribution >= 0.6 is 0 Å². The molecule has 34 heavy (non-hydrogen) atoms. The Labute approximate surface area is 199 Å². The number of hydrogen-bond acceptors (Lipinski definition) is 7. The van der Waals surface area contributed by atoms with Crippen molar-refractivity contribution in [2.75, 3.05) is 31.6 Å². The Balaban J connectivity index is 1.36. The Morgan fingerprint density at radius 2 is 1.88 bits per heavy atom. The third kappa shape index (κ3) is 6.63. The van der Waals surface area contributed by atoms with Crippen LogP contribution in [0.15, 0.2) is 67.0 Å². The van der Waals surface area contributed by atoms with Gasteiger partial charge in [0.25, 0.3) is 0 Å². The molecule has 0 atom stereocenters. The van der Waals surface area contributed by atoms with Gasteiger partial charge in [0.2, 0.25) is 5.95 Å². The standard InChI is InChI=1S/C26H30N6O2/c1-19-6-2-7-20(16-19)25-29-18-24(31-25)23-10-13-28-26(32-23)30-21-8-3-9-22(17-21)34-15-5-12-27-11-4-14-33/h2-3,6-10,13,16-18,27,33H,4-5,11-12,14-15H2,1H3,(H,29,31)(H,28,30,32). The SMILES string of the molecule is Cc1cccc(-c2ncc(-c3ccnc(Nc4cccc(OCCCNCCCO)c4)n3)[nH]2)c1. The molecular weight excluding hydrogens is 428 g/mol. The molecule has 8 nitrogen and oxygen atoms in total. The third-order valence-electron chi connectivity index (χ3n) is 5.17. The Bertz CT molecular complexity index is 1190. The molecule has 2 aromatic heterocycles. The fraction of sp³-hybridized carbons (Fsp3) is 0.269. The quantitative estimate of drug-likeness (QED) is 0.234. The highest BCUT2D eigenvalue weighted by molar-refractivity contribution is 5.64. The van der Waals surface area contributed by atoms with E-state index in [2.05, 4.69) is 49.6 Å². The van der Waals surface area contributed by atoms with E-state index in [-0.39, 0.29) is 6.61 Å². The number of aliphatic hydroxyl groups is 1. The number of aliphatic hydroxyl groups excluding tert-OH is 1. The van der Waals surface area contributed by atoms with E-state index in [1.807, 2.05) is 42.5 Å². The summed E-state index contributed by atoms with van der Waals surface area (Å²) in [6.45, 7) is 4.57. The van der Waals surface area contributed by atoms with E-state index in [0.29, 0.717) is 12.6 Å². The highest BCUT2D eigenvalue weighted by Gasteiger charge is 2.09. The first-order valence-electron chi connectivity index (χ1n) is 11.5. The first-order chi connectivity index (χ1) is 16.7. The van der Waals surface area contributed by atoms with E-state index in [9.17, 15) is 0 Å². The zero-order valence-electron chi connectivity index (χ0n) is 19.3. The van der Waals surface area contributed by atoms with Crippen molar-refractivity contribution < 1.29 is 9.84 Å². The zero-order valence-corrected chi connectivity index (χ0v) is 19.3. The summed E-state index contributed by atoms with van der Waals surface area (Å²) >= 11 is 0. The maximum atomic E-state index is 8.79. The van der Waals surface area contributed by atoms with E-state index in [4.69, 9.17) is 9.84 Å². The van der Waals surface area contributed by atoms with Crippen LogP contribution in [0.5, 0.6) is 5.75 Å². The average Bonchev–Trinajstić information content (AvgIpc) is 3.35. The molecule has 0 fully saturated rings. The lowest BCUT2D eigenvalue weighted by Crippen LogP contribution is -2.19. The van der Waals surface area contributed by atoms with Crippen molar-refractivity contribution in [3.8, 4) is 28.5 Å². The van der Waals surface area contributed by atoms with Crippen molar-refractivity contribution in [2.45, 2.75) is 19.8 Å². The minimum Gasteiger partial charge on any atom is -0.493 e. The van der Waals surface area contributed by atoms with Gasteiger partial charge in [0.15, 0.2) is 0 Å². The highest BCUT2D eigenvalue weighted by Crippen LogP contribution is 2.24. The lowest BCUT2D eigenvalue weighted by Gasteiger charge is -2.10. The molecule has 4 N–H and O–H groups in total. The summed E-state index contributed by atoms with van der Waals surface area (Å²) in [5.74, 6) is 2.09. The number of hydrogen-bond donors (Lipinski definition) is 4. The zero-order chi connectivity index (χ0) is 23.6. The monoisotopic (exact) mass is 458 g/mol. The fourth-order valence-electron chi connectivity index (χ4n) is 3.47. The van der Waals surface area contributed by atoms with Gasteiger partial charge in [0.05, 0.1) is 24.2 Å². The van der Waals surface area contributed by atoms with Crippen LogP contribution in [0.3, 0.4) is 0 Å². The molecule has 4 rings (SSSR count). The maximum Gasteiger partial charge on any atom is 0.227 e. The van der Waals surface area contributed by atoms with Crippen LogP contribution in [0.4, 0.5) is 11.6 Å². The minimum absolute atomic E-state index is 0.215. The van der Waals surface area contributed by atoms with E-state index < -0.39 is 0 Å². The van der Waals surface area contributed by atoms with Crippen LogP contribution in [0.2, 0.25) is 0 Å². The topological polar surface area (TPSA) is 108 Å². The van der Waals surface area contributed by atoms with Crippen LogP contribution in [-0.2, 0) is 0 Å². The molecule has 0 aliphatic rings. The average molecular weight is 459 g/mol. The van der Waals surface area contributed by atoms with Gasteiger partial charge < -0.3 is 25.5 Å². The van der Waals surface area contributed by atoms with Gasteiger partial charge in [-0.1, -0.05) is 29.8 Å². The second kappa shape index (κ2) is 11.9. The molecule has 176 valence electrons. The number of rotatable bonds is 12. The number of anilines is 2. The number of ether oxygens (including phenoxy) is 1. The first kappa shape index (κ1) is 23.4. The summed E-state index contributed by atoms with van der Waals surface area (Å²) in [7, 11) is 0. The lowest BCUT2D eigenvalue weighted by molar-refractivity contribution is 0.282. The van der Waals surface area contributed by atoms with Crippen LogP contribution in [0.25, 0.3) is 22.8 Å². The van der Waals surface area contributed by atoms with Crippen LogP contribution in [0, 0.1) is 6.92 Å². The molecule has 0 bridgehead atoms. The number of nitrogens with zero attached hydrogens (tertiary/aromatic N) is 3. The van der Waals surface area contributed by atoms with E-state index >= 15 is 0 Å². The molecule has 8 heteroatoms. The Morgan fingerprint density at radius 3 is 2.76 bits per heavy atom. The predicted molar refractivity (Wildman–Crippen MR) is 134 cm³/mol. The number of nitrogens with one attached hydrogen (secondary N) is 3. The normalized spacial score (nSPS) is 10.9. The van der Waals surface area contributed by atoms with Crippen molar-refractivity contribution in [1.82, 2.24) is 25.3 Å². The Morgan fingerprint density at radius 1 is 1.00 bits per heavy atom.